The lowest BCUT2D eigenvalue weighted by Gasteiger charge is -2.12. The molecule has 1 heterocycles. The van der Waals surface area contributed by atoms with Gasteiger partial charge in [0, 0.05) is 24.3 Å². The van der Waals surface area contributed by atoms with Crippen molar-refractivity contribution in [1.82, 2.24) is 10.3 Å². The van der Waals surface area contributed by atoms with Gasteiger partial charge in [-0.05, 0) is 19.4 Å². The topological polar surface area (TPSA) is 24.9 Å². The number of aromatic nitrogens is 1. The predicted molar refractivity (Wildman–Crippen MR) is 67.7 cm³/mol. The summed E-state index contributed by atoms with van der Waals surface area (Å²) >= 11 is 5.93. The van der Waals surface area contributed by atoms with E-state index in [2.05, 4.69) is 24.1 Å². The van der Waals surface area contributed by atoms with Gasteiger partial charge in [0.2, 0.25) is 0 Å². The molecule has 0 aliphatic carbocycles. The smallest absolute Gasteiger partial charge is 0.133 e. The van der Waals surface area contributed by atoms with Crippen LogP contribution in [0.5, 0.6) is 0 Å². The van der Waals surface area contributed by atoms with Crippen LogP contribution < -0.4 is 5.32 Å². The Balaban J connectivity index is 0.00000196. The van der Waals surface area contributed by atoms with Gasteiger partial charge in [-0.25, -0.2) is 4.98 Å². The highest BCUT2D eigenvalue weighted by Gasteiger charge is 2.02. The second kappa shape index (κ2) is 7.91. The molecule has 0 spiro atoms. The summed E-state index contributed by atoms with van der Waals surface area (Å²) in [4.78, 5) is 4.03. The van der Waals surface area contributed by atoms with Crippen LogP contribution >= 0.6 is 24.0 Å². The zero-order valence-corrected chi connectivity index (χ0v) is 10.7. The molecular weight excluding hydrogens is 231 g/mol. The second-order valence-electron chi connectivity index (χ2n) is 3.52. The Labute approximate surface area is 103 Å². The number of hydrogen-bond acceptors (Lipinski definition) is 2. The Bertz CT molecular complexity index is 279. The summed E-state index contributed by atoms with van der Waals surface area (Å²) in [5.41, 5.74) is 1.07. The molecule has 0 radical (unpaired) electrons. The number of pyridine rings is 1. The average molecular weight is 249 g/mol. The van der Waals surface area contributed by atoms with Crippen molar-refractivity contribution in [2.24, 2.45) is 0 Å². The number of rotatable bonds is 5. The van der Waals surface area contributed by atoms with Crippen molar-refractivity contribution < 1.29 is 0 Å². The van der Waals surface area contributed by atoms with E-state index in [1.807, 2.05) is 12.1 Å². The van der Waals surface area contributed by atoms with Gasteiger partial charge in [0.15, 0.2) is 0 Å². The van der Waals surface area contributed by atoms with E-state index >= 15 is 0 Å². The minimum Gasteiger partial charge on any atom is -0.310 e. The van der Waals surface area contributed by atoms with Crippen LogP contribution in [0.2, 0.25) is 5.15 Å². The third-order valence-corrected chi connectivity index (χ3v) is 2.54. The third-order valence-electron chi connectivity index (χ3n) is 2.20. The molecule has 1 rings (SSSR count). The van der Waals surface area contributed by atoms with Crippen molar-refractivity contribution >= 4 is 24.0 Å². The fraction of sp³-hybridized carbons (Fsp3) is 0.545. The van der Waals surface area contributed by atoms with Gasteiger partial charge in [0.05, 0.1) is 0 Å². The molecule has 0 saturated carbocycles. The lowest BCUT2D eigenvalue weighted by Crippen LogP contribution is -2.25. The van der Waals surface area contributed by atoms with E-state index in [1.165, 1.54) is 12.8 Å². The monoisotopic (exact) mass is 248 g/mol. The first-order chi connectivity index (χ1) is 6.74. The highest BCUT2D eigenvalue weighted by molar-refractivity contribution is 6.30. The largest absolute Gasteiger partial charge is 0.310 e. The van der Waals surface area contributed by atoms with E-state index in [0.717, 1.165) is 12.1 Å². The molecule has 0 aliphatic heterocycles. The molecular formula is C11H18Cl2N2. The van der Waals surface area contributed by atoms with Crippen molar-refractivity contribution in [2.75, 3.05) is 0 Å². The van der Waals surface area contributed by atoms with Gasteiger partial charge in [0.25, 0.3) is 0 Å². The van der Waals surface area contributed by atoms with Crippen LogP contribution in [0, 0.1) is 0 Å². The summed E-state index contributed by atoms with van der Waals surface area (Å²) in [5, 5.41) is 4.02. The highest BCUT2D eigenvalue weighted by atomic mass is 35.5. The molecule has 0 amide bonds. The number of nitrogens with one attached hydrogen (secondary N) is 1. The SMILES string of the molecule is CCCC(C)NCc1cccnc1Cl.Cl. The van der Waals surface area contributed by atoms with Crippen molar-refractivity contribution in [3.8, 4) is 0 Å². The van der Waals surface area contributed by atoms with Crippen LogP contribution in [0.3, 0.4) is 0 Å². The summed E-state index contributed by atoms with van der Waals surface area (Å²) < 4.78 is 0. The fourth-order valence-corrected chi connectivity index (χ4v) is 1.56. The molecule has 15 heavy (non-hydrogen) atoms. The standard InChI is InChI=1S/C11H17ClN2.ClH/c1-3-5-9(2)14-8-10-6-4-7-13-11(10)12;/h4,6-7,9,14H,3,5,8H2,1-2H3;1H. The molecule has 0 bridgehead atoms. The minimum absolute atomic E-state index is 0. The molecule has 1 N–H and O–H groups in total. The van der Waals surface area contributed by atoms with E-state index in [-0.39, 0.29) is 12.4 Å². The van der Waals surface area contributed by atoms with E-state index in [0.29, 0.717) is 11.2 Å². The quantitative estimate of drug-likeness (QED) is 0.808. The van der Waals surface area contributed by atoms with Gasteiger partial charge < -0.3 is 5.32 Å². The summed E-state index contributed by atoms with van der Waals surface area (Å²) in [6.07, 6.45) is 4.11. The van der Waals surface area contributed by atoms with E-state index < -0.39 is 0 Å². The maximum Gasteiger partial charge on any atom is 0.133 e. The van der Waals surface area contributed by atoms with E-state index in [1.54, 1.807) is 6.20 Å². The first kappa shape index (κ1) is 14.7. The van der Waals surface area contributed by atoms with Gasteiger partial charge in [-0.15, -0.1) is 12.4 Å². The number of halogens is 2. The summed E-state index contributed by atoms with van der Waals surface area (Å²) in [6.45, 7) is 5.18. The van der Waals surface area contributed by atoms with Gasteiger partial charge in [0.1, 0.15) is 5.15 Å². The molecule has 1 unspecified atom stereocenters. The van der Waals surface area contributed by atoms with E-state index in [4.69, 9.17) is 11.6 Å². The van der Waals surface area contributed by atoms with Crippen molar-refractivity contribution in [1.29, 1.82) is 0 Å². The molecule has 2 nitrogen and oxygen atoms in total. The Morgan fingerprint density at radius 1 is 1.53 bits per heavy atom. The molecule has 0 aliphatic rings. The van der Waals surface area contributed by atoms with Crippen LogP contribution in [0.25, 0.3) is 0 Å². The molecule has 1 aromatic heterocycles. The van der Waals surface area contributed by atoms with Crippen LogP contribution in [0.4, 0.5) is 0 Å². The Morgan fingerprint density at radius 3 is 2.87 bits per heavy atom. The molecule has 0 aromatic carbocycles. The van der Waals surface area contributed by atoms with Crippen molar-refractivity contribution in [3.63, 3.8) is 0 Å². The molecule has 0 saturated heterocycles. The lowest BCUT2D eigenvalue weighted by atomic mass is 10.2. The maximum atomic E-state index is 5.93. The zero-order chi connectivity index (χ0) is 10.4. The first-order valence-electron chi connectivity index (χ1n) is 5.06. The molecule has 0 fully saturated rings. The van der Waals surface area contributed by atoms with Crippen LogP contribution in [0.1, 0.15) is 32.3 Å². The average Bonchev–Trinajstić information content (AvgIpc) is 2.17. The first-order valence-corrected chi connectivity index (χ1v) is 5.44. The van der Waals surface area contributed by atoms with Gasteiger partial charge in [-0.2, -0.15) is 0 Å². The predicted octanol–water partition coefficient (Wildman–Crippen LogP) is 3.44. The second-order valence-corrected chi connectivity index (χ2v) is 3.88. The summed E-state index contributed by atoms with van der Waals surface area (Å²) in [5.74, 6) is 0. The normalized spacial score (nSPS) is 11.9. The minimum atomic E-state index is 0. The van der Waals surface area contributed by atoms with Gasteiger partial charge in [-0.3, -0.25) is 0 Å². The molecule has 86 valence electrons. The summed E-state index contributed by atoms with van der Waals surface area (Å²) in [6, 6.07) is 4.45. The molecule has 1 atom stereocenters. The molecule has 1 aromatic rings. The highest BCUT2D eigenvalue weighted by Crippen LogP contribution is 2.11. The number of hydrogen-bond donors (Lipinski definition) is 1. The van der Waals surface area contributed by atoms with E-state index in [9.17, 15) is 0 Å². The van der Waals surface area contributed by atoms with Gasteiger partial charge >= 0.3 is 0 Å². The lowest BCUT2D eigenvalue weighted by molar-refractivity contribution is 0.508. The Hall–Kier alpha value is -0.310. The zero-order valence-electron chi connectivity index (χ0n) is 9.16. The fourth-order valence-electron chi connectivity index (χ4n) is 1.37. The third kappa shape index (κ3) is 5.36. The summed E-state index contributed by atoms with van der Waals surface area (Å²) in [7, 11) is 0. The van der Waals surface area contributed by atoms with Crippen molar-refractivity contribution in [3.05, 3.63) is 29.0 Å². The number of nitrogens with zero attached hydrogens (tertiary/aromatic N) is 1. The molecule has 4 heteroatoms. The Morgan fingerprint density at radius 2 is 2.27 bits per heavy atom. The van der Waals surface area contributed by atoms with Gasteiger partial charge in [-0.1, -0.05) is 31.0 Å². The van der Waals surface area contributed by atoms with Crippen molar-refractivity contribution in [2.45, 2.75) is 39.3 Å². The van der Waals surface area contributed by atoms with Crippen LogP contribution in [-0.2, 0) is 6.54 Å². The maximum absolute atomic E-state index is 5.93. The Kier molecular flexibility index (Phi) is 7.75. The van der Waals surface area contributed by atoms with Crippen LogP contribution in [-0.4, -0.2) is 11.0 Å². The van der Waals surface area contributed by atoms with Crippen LogP contribution in [0.15, 0.2) is 18.3 Å².